The van der Waals surface area contributed by atoms with Crippen molar-refractivity contribution < 1.29 is 34.7 Å². The van der Waals surface area contributed by atoms with Gasteiger partial charge >= 0.3 is 5.97 Å². The molecule has 20 heavy (non-hydrogen) atoms. The summed E-state index contributed by atoms with van der Waals surface area (Å²) >= 11 is 0. The summed E-state index contributed by atoms with van der Waals surface area (Å²) in [7, 11) is 0. The largest absolute Gasteiger partial charge is 0.463 e. The number of hydrogen-bond acceptors (Lipinski definition) is 7. The molecule has 1 fully saturated rings. The normalized spacial score (nSPS) is 34.0. The van der Waals surface area contributed by atoms with Crippen molar-refractivity contribution in [1.82, 2.24) is 0 Å². The third kappa shape index (κ3) is 4.99. The first-order chi connectivity index (χ1) is 9.47. The van der Waals surface area contributed by atoms with E-state index in [1.807, 2.05) is 0 Å². The molecule has 4 N–H and O–H groups in total. The second-order valence-corrected chi connectivity index (χ2v) is 5.03. The van der Waals surface area contributed by atoms with Crippen LogP contribution in [0.15, 0.2) is 0 Å². The van der Waals surface area contributed by atoms with Crippen molar-refractivity contribution in [2.24, 2.45) is 0 Å². The number of unbranched alkanes of at least 4 members (excludes halogenated alkanes) is 3. The van der Waals surface area contributed by atoms with Gasteiger partial charge in [0.15, 0.2) is 6.29 Å². The summed E-state index contributed by atoms with van der Waals surface area (Å²) in [6, 6.07) is 0. The van der Waals surface area contributed by atoms with Crippen molar-refractivity contribution in [2.45, 2.75) is 69.7 Å². The fourth-order valence-electron chi connectivity index (χ4n) is 2.01. The van der Waals surface area contributed by atoms with E-state index >= 15 is 0 Å². The van der Waals surface area contributed by atoms with Gasteiger partial charge in [0.2, 0.25) is 0 Å². The number of hydrogen-bond donors (Lipinski definition) is 4. The van der Waals surface area contributed by atoms with Crippen LogP contribution in [0.4, 0.5) is 0 Å². The minimum Gasteiger partial charge on any atom is -0.463 e. The predicted molar refractivity (Wildman–Crippen MR) is 68.6 cm³/mol. The van der Waals surface area contributed by atoms with Crippen LogP contribution in [0.1, 0.15) is 39.0 Å². The second-order valence-electron chi connectivity index (χ2n) is 5.03. The van der Waals surface area contributed by atoms with E-state index in [4.69, 9.17) is 9.47 Å². The molecule has 1 rings (SSSR count). The van der Waals surface area contributed by atoms with Crippen LogP contribution in [-0.4, -0.2) is 63.7 Å². The molecule has 5 atom stereocenters. The van der Waals surface area contributed by atoms with Crippen LogP contribution < -0.4 is 0 Å². The van der Waals surface area contributed by atoms with Gasteiger partial charge in [0.05, 0.1) is 0 Å². The Labute approximate surface area is 118 Å². The fourth-order valence-corrected chi connectivity index (χ4v) is 2.01. The second kappa shape index (κ2) is 8.53. The van der Waals surface area contributed by atoms with E-state index in [1.54, 1.807) is 0 Å². The summed E-state index contributed by atoms with van der Waals surface area (Å²) in [5.41, 5.74) is 0. The molecule has 1 aliphatic heterocycles. The number of aliphatic hydroxyl groups excluding tert-OH is 4. The quantitative estimate of drug-likeness (QED) is 0.362. The molecule has 1 aliphatic rings. The van der Waals surface area contributed by atoms with Crippen molar-refractivity contribution >= 4 is 5.97 Å². The monoisotopic (exact) mass is 292 g/mol. The average molecular weight is 292 g/mol. The molecule has 0 amide bonds. The van der Waals surface area contributed by atoms with E-state index in [0.717, 1.165) is 25.7 Å². The van der Waals surface area contributed by atoms with Gasteiger partial charge in [0, 0.05) is 6.42 Å². The summed E-state index contributed by atoms with van der Waals surface area (Å²) in [5.74, 6) is -0.410. The van der Waals surface area contributed by atoms with Crippen LogP contribution in [0, 0.1) is 0 Å². The molecule has 1 heterocycles. The molecule has 1 saturated heterocycles. The molecule has 0 bridgehead atoms. The van der Waals surface area contributed by atoms with E-state index < -0.39 is 36.7 Å². The molecule has 0 aromatic carbocycles. The Bertz CT molecular complexity index is 296. The number of ether oxygens (including phenoxy) is 2. The molecular weight excluding hydrogens is 268 g/mol. The predicted octanol–water partition coefficient (Wildman–Crippen LogP) is -0.700. The van der Waals surface area contributed by atoms with Crippen LogP contribution in [0.3, 0.4) is 0 Å². The van der Waals surface area contributed by atoms with Crippen molar-refractivity contribution in [1.29, 1.82) is 0 Å². The van der Waals surface area contributed by atoms with Gasteiger partial charge in [0.1, 0.15) is 31.0 Å². The lowest BCUT2D eigenvalue weighted by Gasteiger charge is -2.37. The van der Waals surface area contributed by atoms with Crippen LogP contribution in [0.2, 0.25) is 0 Å². The fraction of sp³-hybridized carbons (Fsp3) is 0.923. The van der Waals surface area contributed by atoms with Crippen LogP contribution in [-0.2, 0) is 14.3 Å². The van der Waals surface area contributed by atoms with Crippen molar-refractivity contribution in [3.05, 3.63) is 0 Å². The number of rotatable bonds is 7. The topological polar surface area (TPSA) is 116 Å². The Balaban J connectivity index is 2.28. The summed E-state index contributed by atoms with van der Waals surface area (Å²) < 4.78 is 9.83. The molecule has 7 heteroatoms. The number of aliphatic hydroxyl groups is 4. The third-order valence-electron chi connectivity index (χ3n) is 3.33. The van der Waals surface area contributed by atoms with Gasteiger partial charge in [0.25, 0.3) is 0 Å². The maximum Gasteiger partial charge on any atom is 0.305 e. The molecule has 5 unspecified atom stereocenters. The standard InChI is InChI=1S/C13H24O7/c1-2-3-4-5-6-9(14)19-7-8-10(15)11(16)12(17)13(18)20-8/h8,10-13,15-18H,2-7H2,1H3. The van der Waals surface area contributed by atoms with E-state index in [2.05, 4.69) is 6.92 Å². The molecule has 0 spiro atoms. The Morgan fingerprint density at radius 2 is 1.75 bits per heavy atom. The van der Waals surface area contributed by atoms with E-state index in [9.17, 15) is 25.2 Å². The summed E-state index contributed by atoms with van der Waals surface area (Å²) in [6.45, 7) is 1.81. The molecule has 7 nitrogen and oxygen atoms in total. The highest BCUT2D eigenvalue weighted by atomic mass is 16.6. The molecule has 0 saturated carbocycles. The molecule has 118 valence electrons. The van der Waals surface area contributed by atoms with E-state index in [0.29, 0.717) is 0 Å². The first-order valence-corrected chi connectivity index (χ1v) is 7.00. The van der Waals surface area contributed by atoms with E-state index in [1.165, 1.54) is 0 Å². The van der Waals surface area contributed by atoms with Gasteiger partial charge in [-0.3, -0.25) is 4.79 Å². The van der Waals surface area contributed by atoms with Crippen molar-refractivity contribution in [2.75, 3.05) is 6.61 Å². The summed E-state index contributed by atoms with van der Waals surface area (Å²) in [4.78, 5) is 11.4. The maximum absolute atomic E-state index is 11.4. The van der Waals surface area contributed by atoms with Crippen LogP contribution >= 0.6 is 0 Å². The minimum absolute atomic E-state index is 0.269. The molecule has 0 aromatic heterocycles. The first kappa shape index (κ1) is 17.3. The van der Waals surface area contributed by atoms with Gasteiger partial charge in [-0.1, -0.05) is 26.2 Å². The van der Waals surface area contributed by atoms with Gasteiger partial charge in [-0.15, -0.1) is 0 Å². The van der Waals surface area contributed by atoms with Gasteiger partial charge in [-0.2, -0.15) is 0 Å². The molecule has 0 aliphatic carbocycles. The Morgan fingerprint density at radius 1 is 1.05 bits per heavy atom. The van der Waals surface area contributed by atoms with Crippen molar-refractivity contribution in [3.8, 4) is 0 Å². The summed E-state index contributed by atoms with van der Waals surface area (Å²) in [6.07, 6.45) is -3.06. The molecule has 0 radical (unpaired) electrons. The SMILES string of the molecule is CCCCCCC(=O)OCC1OC(O)C(O)C(O)C1O. The minimum atomic E-state index is -1.61. The van der Waals surface area contributed by atoms with Gasteiger partial charge < -0.3 is 29.9 Å². The highest BCUT2D eigenvalue weighted by molar-refractivity contribution is 5.69. The van der Waals surface area contributed by atoms with Crippen molar-refractivity contribution in [3.63, 3.8) is 0 Å². The zero-order chi connectivity index (χ0) is 15.1. The summed E-state index contributed by atoms with van der Waals surface area (Å²) in [5, 5.41) is 37.7. The Morgan fingerprint density at radius 3 is 2.40 bits per heavy atom. The highest BCUT2D eigenvalue weighted by Crippen LogP contribution is 2.20. The average Bonchev–Trinajstić information content (AvgIpc) is 2.43. The van der Waals surface area contributed by atoms with Gasteiger partial charge in [-0.25, -0.2) is 0 Å². The lowest BCUT2D eigenvalue weighted by Crippen LogP contribution is -2.58. The molecule has 0 aromatic rings. The highest BCUT2D eigenvalue weighted by Gasteiger charge is 2.43. The smallest absolute Gasteiger partial charge is 0.305 e. The van der Waals surface area contributed by atoms with Crippen LogP contribution in [0.25, 0.3) is 0 Å². The molecular formula is C13H24O7. The number of esters is 1. The maximum atomic E-state index is 11.4. The lowest BCUT2D eigenvalue weighted by atomic mass is 9.99. The first-order valence-electron chi connectivity index (χ1n) is 7.00. The zero-order valence-corrected chi connectivity index (χ0v) is 11.6. The van der Waals surface area contributed by atoms with Gasteiger partial charge in [-0.05, 0) is 6.42 Å². The van der Waals surface area contributed by atoms with E-state index in [-0.39, 0.29) is 13.0 Å². The Kier molecular flexibility index (Phi) is 7.39. The zero-order valence-electron chi connectivity index (χ0n) is 11.6. The Hall–Kier alpha value is -0.730. The number of carbonyl (C=O) groups excluding carboxylic acids is 1. The number of carbonyl (C=O) groups is 1. The lowest BCUT2D eigenvalue weighted by molar-refractivity contribution is -0.287. The third-order valence-corrected chi connectivity index (χ3v) is 3.33. The van der Waals surface area contributed by atoms with Crippen LogP contribution in [0.5, 0.6) is 0 Å².